The van der Waals surface area contributed by atoms with E-state index < -0.39 is 6.03 Å². The topological polar surface area (TPSA) is 84.7 Å². The van der Waals surface area contributed by atoms with Crippen LogP contribution in [0.1, 0.15) is 44.6 Å². The number of hydrogen-bond donors (Lipinski definition) is 2. The monoisotopic (exact) mass is 345 g/mol. The zero-order valence-electron chi connectivity index (χ0n) is 14.8. The fraction of sp³-hybridized carbons (Fsp3) is 0.579. The predicted molar refractivity (Wildman–Crippen MR) is 97.7 cm³/mol. The summed E-state index contributed by atoms with van der Waals surface area (Å²) in [6.45, 7) is 2.97. The van der Waals surface area contributed by atoms with Crippen molar-refractivity contribution in [3.05, 3.63) is 23.8 Å². The summed E-state index contributed by atoms with van der Waals surface area (Å²) in [7, 11) is 0. The van der Waals surface area contributed by atoms with Crippen molar-refractivity contribution < 1.29 is 14.3 Å². The lowest BCUT2D eigenvalue weighted by Crippen LogP contribution is -2.39. The van der Waals surface area contributed by atoms with Gasteiger partial charge < -0.3 is 15.8 Å². The van der Waals surface area contributed by atoms with Gasteiger partial charge in [0, 0.05) is 18.3 Å². The number of primary amides is 1. The van der Waals surface area contributed by atoms with Crippen LogP contribution in [0.3, 0.4) is 0 Å². The maximum absolute atomic E-state index is 11.8. The van der Waals surface area contributed by atoms with Crippen molar-refractivity contribution >= 4 is 23.4 Å². The number of amides is 2. The highest BCUT2D eigenvalue weighted by atomic mass is 16.5. The summed E-state index contributed by atoms with van der Waals surface area (Å²) >= 11 is 0. The zero-order valence-corrected chi connectivity index (χ0v) is 14.8. The standard InChI is InChI=1S/C19H27N3O3/c1-2-25-18(23)14-6-8-15(9-7-14)21-16-10-5-13-4-3-11-22(19(20)24)17(13)12-16/h5,10,12,14-15,21H,2-4,6-9,11H2,1H3,(H2,20,24). The molecule has 1 fully saturated rings. The van der Waals surface area contributed by atoms with E-state index in [9.17, 15) is 9.59 Å². The number of ether oxygens (including phenoxy) is 1. The Hall–Kier alpha value is -2.24. The summed E-state index contributed by atoms with van der Waals surface area (Å²) < 4.78 is 5.12. The lowest BCUT2D eigenvalue weighted by molar-refractivity contribution is -0.149. The normalized spacial score (nSPS) is 22.8. The van der Waals surface area contributed by atoms with Gasteiger partial charge in [-0.3, -0.25) is 9.69 Å². The maximum Gasteiger partial charge on any atom is 0.319 e. The van der Waals surface area contributed by atoms with E-state index >= 15 is 0 Å². The molecular formula is C19H27N3O3. The maximum atomic E-state index is 11.8. The minimum absolute atomic E-state index is 0.0342. The molecule has 6 nitrogen and oxygen atoms in total. The summed E-state index contributed by atoms with van der Waals surface area (Å²) in [5.74, 6) is -0.0290. The van der Waals surface area contributed by atoms with Crippen molar-refractivity contribution in [2.75, 3.05) is 23.4 Å². The van der Waals surface area contributed by atoms with E-state index in [1.807, 2.05) is 13.0 Å². The number of carbonyl (C=O) groups excluding carboxylic acids is 2. The molecule has 0 spiro atoms. The first-order valence-corrected chi connectivity index (χ1v) is 9.21. The second-order valence-corrected chi connectivity index (χ2v) is 6.88. The quantitative estimate of drug-likeness (QED) is 0.822. The lowest BCUT2D eigenvalue weighted by atomic mass is 9.86. The first kappa shape index (κ1) is 17.6. The van der Waals surface area contributed by atoms with Gasteiger partial charge in [0.25, 0.3) is 0 Å². The Labute approximate surface area is 148 Å². The van der Waals surface area contributed by atoms with Gasteiger partial charge in [-0.2, -0.15) is 0 Å². The van der Waals surface area contributed by atoms with Gasteiger partial charge in [-0.25, -0.2) is 4.79 Å². The summed E-state index contributed by atoms with van der Waals surface area (Å²) in [4.78, 5) is 25.1. The van der Waals surface area contributed by atoms with Crippen LogP contribution in [0, 0.1) is 5.92 Å². The number of nitrogens with zero attached hydrogens (tertiary/aromatic N) is 1. The Bertz CT molecular complexity index is 639. The van der Waals surface area contributed by atoms with Crippen LogP contribution in [-0.4, -0.2) is 31.2 Å². The Morgan fingerprint density at radius 2 is 2.04 bits per heavy atom. The van der Waals surface area contributed by atoms with Crippen molar-refractivity contribution in [1.82, 2.24) is 0 Å². The van der Waals surface area contributed by atoms with Gasteiger partial charge in [0.2, 0.25) is 0 Å². The lowest BCUT2D eigenvalue weighted by Gasteiger charge is -2.31. The van der Waals surface area contributed by atoms with Crippen molar-refractivity contribution in [3.8, 4) is 0 Å². The molecule has 6 heteroatoms. The third-order valence-corrected chi connectivity index (χ3v) is 5.19. The van der Waals surface area contributed by atoms with Crippen LogP contribution >= 0.6 is 0 Å². The van der Waals surface area contributed by atoms with Gasteiger partial charge in [-0.1, -0.05) is 6.07 Å². The van der Waals surface area contributed by atoms with Gasteiger partial charge >= 0.3 is 12.0 Å². The molecule has 1 aromatic carbocycles. The second kappa shape index (κ2) is 7.76. The highest BCUT2D eigenvalue weighted by Crippen LogP contribution is 2.32. The molecule has 3 rings (SSSR count). The highest BCUT2D eigenvalue weighted by molar-refractivity contribution is 5.92. The van der Waals surface area contributed by atoms with Crippen LogP contribution in [0.4, 0.5) is 16.2 Å². The van der Waals surface area contributed by atoms with Gasteiger partial charge in [0.15, 0.2) is 0 Å². The molecule has 2 amide bonds. The summed E-state index contributed by atoms with van der Waals surface area (Å²) in [5, 5.41) is 3.55. The molecule has 0 radical (unpaired) electrons. The summed E-state index contributed by atoms with van der Waals surface area (Å²) in [6, 6.07) is 6.12. The summed E-state index contributed by atoms with van der Waals surface area (Å²) in [5.41, 5.74) is 8.60. The molecule has 1 heterocycles. The number of carbonyl (C=O) groups is 2. The fourth-order valence-electron chi connectivity index (χ4n) is 3.86. The molecule has 136 valence electrons. The van der Waals surface area contributed by atoms with Crippen LogP contribution in [0.25, 0.3) is 0 Å². The van der Waals surface area contributed by atoms with E-state index in [1.54, 1.807) is 4.90 Å². The van der Waals surface area contributed by atoms with Crippen LogP contribution in [0.15, 0.2) is 18.2 Å². The van der Waals surface area contributed by atoms with E-state index in [0.717, 1.165) is 49.9 Å². The molecule has 0 bridgehead atoms. The fourth-order valence-corrected chi connectivity index (χ4v) is 3.86. The number of benzene rings is 1. The molecule has 1 saturated carbocycles. The third-order valence-electron chi connectivity index (χ3n) is 5.19. The summed E-state index contributed by atoms with van der Waals surface area (Å²) in [6.07, 6.45) is 5.52. The van der Waals surface area contributed by atoms with Crippen molar-refractivity contribution in [3.63, 3.8) is 0 Å². The number of aryl methyl sites for hydroxylation is 1. The third kappa shape index (κ3) is 4.06. The molecule has 0 unspecified atom stereocenters. The average Bonchev–Trinajstić information content (AvgIpc) is 2.62. The average molecular weight is 345 g/mol. The molecule has 0 saturated heterocycles. The Balaban J connectivity index is 1.62. The molecule has 2 aliphatic rings. The van der Waals surface area contributed by atoms with Crippen molar-refractivity contribution in [2.24, 2.45) is 11.7 Å². The number of anilines is 2. The molecular weight excluding hydrogens is 318 g/mol. The van der Waals surface area contributed by atoms with E-state index in [-0.39, 0.29) is 11.9 Å². The van der Waals surface area contributed by atoms with Crippen LogP contribution in [0.2, 0.25) is 0 Å². The molecule has 3 N–H and O–H groups in total. The predicted octanol–water partition coefficient (Wildman–Crippen LogP) is 3.05. The number of rotatable bonds is 4. The number of nitrogens with two attached hydrogens (primary N) is 1. The first-order valence-electron chi connectivity index (χ1n) is 9.21. The Morgan fingerprint density at radius 3 is 2.72 bits per heavy atom. The Morgan fingerprint density at radius 1 is 1.28 bits per heavy atom. The molecule has 0 aromatic heterocycles. The minimum atomic E-state index is -0.395. The van der Waals surface area contributed by atoms with Crippen molar-refractivity contribution in [1.29, 1.82) is 0 Å². The number of nitrogens with one attached hydrogen (secondary N) is 1. The van der Waals surface area contributed by atoms with Gasteiger partial charge in [0.1, 0.15) is 0 Å². The zero-order chi connectivity index (χ0) is 17.8. The first-order chi connectivity index (χ1) is 12.1. The minimum Gasteiger partial charge on any atom is -0.466 e. The number of esters is 1. The van der Waals surface area contributed by atoms with Crippen LogP contribution in [0.5, 0.6) is 0 Å². The second-order valence-electron chi connectivity index (χ2n) is 6.88. The largest absolute Gasteiger partial charge is 0.466 e. The number of fused-ring (bicyclic) bond motifs is 1. The Kier molecular flexibility index (Phi) is 5.46. The number of hydrogen-bond acceptors (Lipinski definition) is 4. The van der Waals surface area contributed by atoms with E-state index in [1.165, 1.54) is 5.56 Å². The smallest absolute Gasteiger partial charge is 0.319 e. The van der Waals surface area contributed by atoms with E-state index in [0.29, 0.717) is 19.2 Å². The van der Waals surface area contributed by atoms with Gasteiger partial charge in [-0.15, -0.1) is 0 Å². The molecule has 25 heavy (non-hydrogen) atoms. The van der Waals surface area contributed by atoms with Gasteiger partial charge in [0.05, 0.1) is 18.2 Å². The SMILES string of the molecule is CCOC(=O)C1CCC(Nc2ccc3c(c2)N(C(N)=O)CCC3)CC1. The van der Waals surface area contributed by atoms with Crippen molar-refractivity contribution in [2.45, 2.75) is 51.5 Å². The number of urea groups is 1. The molecule has 1 aliphatic heterocycles. The molecule has 1 aliphatic carbocycles. The molecule has 0 atom stereocenters. The highest BCUT2D eigenvalue weighted by Gasteiger charge is 2.27. The van der Waals surface area contributed by atoms with E-state index in [4.69, 9.17) is 10.5 Å². The van der Waals surface area contributed by atoms with Crippen LogP contribution in [-0.2, 0) is 16.0 Å². The molecule has 1 aromatic rings. The van der Waals surface area contributed by atoms with Gasteiger partial charge in [-0.05, 0) is 63.1 Å². The van der Waals surface area contributed by atoms with E-state index in [2.05, 4.69) is 17.4 Å². The van der Waals surface area contributed by atoms with Crippen LogP contribution < -0.4 is 16.0 Å².